The lowest BCUT2D eigenvalue weighted by Crippen LogP contribution is -2.14. The Morgan fingerprint density at radius 1 is 1.00 bits per heavy atom. The van der Waals surface area contributed by atoms with Crippen molar-refractivity contribution in [3.63, 3.8) is 0 Å². The molecule has 1 aliphatic heterocycles. The summed E-state index contributed by atoms with van der Waals surface area (Å²) in [5.74, 6) is 0.353. The van der Waals surface area contributed by atoms with Gasteiger partial charge in [0.2, 0.25) is 0 Å². The molecule has 25 heavy (non-hydrogen) atoms. The van der Waals surface area contributed by atoms with Gasteiger partial charge in [-0.2, -0.15) is 0 Å². The van der Waals surface area contributed by atoms with Crippen LogP contribution in [0.5, 0.6) is 0 Å². The maximum atomic E-state index is 5.06. The smallest absolute Gasteiger partial charge is 0.0697 e. The fourth-order valence-electron chi connectivity index (χ4n) is 3.47. The SMILES string of the molecule is CC(Cc1ccccc1)c1nc2c(cc1-c1ccccc1)CNC=C2. The van der Waals surface area contributed by atoms with Crippen molar-refractivity contribution in [1.82, 2.24) is 10.3 Å². The Kier molecular flexibility index (Phi) is 4.34. The fraction of sp³-hybridized carbons (Fsp3) is 0.174. The summed E-state index contributed by atoms with van der Waals surface area (Å²) in [5.41, 5.74) is 7.37. The maximum Gasteiger partial charge on any atom is 0.0697 e. The molecule has 2 aromatic carbocycles. The standard InChI is InChI=1S/C23H22N2/c1-17(14-18-8-4-2-5-9-18)23-21(19-10-6-3-7-11-19)15-20-16-24-13-12-22(20)25-23/h2-13,15,17,24H,14,16H2,1H3. The highest BCUT2D eigenvalue weighted by Crippen LogP contribution is 2.32. The van der Waals surface area contributed by atoms with E-state index in [9.17, 15) is 0 Å². The number of nitrogens with one attached hydrogen (secondary N) is 1. The van der Waals surface area contributed by atoms with E-state index in [-0.39, 0.29) is 0 Å². The molecule has 2 heteroatoms. The van der Waals surface area contributed by atoms with Crippen LogP contribution in [0.2, 0.25) is 0 Å². The fourth-order valence-corrected chi connectivity index (χ4v) is 3.47. The predicted molar refractivity (Wildman–Crippen MR) is 104 cm³/mol. The molecule has 0 bridgehead atoms. The molecular formula is C23H22N2. The van der Waals surface area contributed by atoms with Crippen molar-refractivity contribution in [1.29, 1.82) is 0 Å². The minimum Gasteiger partial charge on any atom is -0.387 e. The highest BCUT2D eigenvalue weighted by molar-refractivity contribution is 5.70. The van der Waals surface area contributed by atoms with Gasteiger partial charge in [0.05, 0.1) is 11.4 Å². The van der Waals surface area contributed by atoms with Gasteiger partial charge in [-0.3, -0.25) is 4.98 Å². The molecule has 1 aliphatic rings. The Hall–Kier alpha value is -2.87. The Balaban J connectivity index is 1.78. The summed E-state index contributed by atoms with van der Waals surface area (Å²) in [7, 11) is 0. The topological polar surface area (TPSA) is 24.9 Å². The first-order chi connectivity index (χ1) is 12.3. The van der Waals surface area contributed by atoms with Gasteiger partial charge in [-0.25, -0.2) is 0 Å². The average Bonchev–Trinajstić information content (AvgIpc) is 2.68. The first kappa shape index (κ1) is 15.6. The summed E-state index contributed by atoms with van der Waals surface area (Å²) in [6.07, 6.45) is 5.06. The number of pyridine rings is 1. The van der Waals surface area contributed by atoms with E-state index < -0.39 is 0 Å². The number of fused-ring (bicyclic) bond motifs is 1. The van der Waals surface area contributed by atoms with Crippen LogP contribution in [0.1, 0.15) is 35.4 Å². The summed E-state index contributed by atoms with van der Waals surface area (Å²) < 4.78 is 0. The summed E-state index contributed by atoms with van der Waals surface area (Å²) in [4.78, 5) is 5.06. The molecule has 0 aliphatic carbocycles. The van der Waals surface area contributed by atoms with E-state index in [1.807, 2.05) is 6.20 Å². The van der Waals surface area contributed by atoms with E-state index in [0.29, 0.717) is 5.92 Å². The van der Waals surface area contributed by atoms with Crippen molar-refractivity contribution in [3.05, 3.63) is 95.4 Å². The Morgan fingerprint density at radius 3 is 2.48 bits per heavy atom. The third-order valence-electron chi connectivity index (χ3n) is 4.75. The molecule has 1 N–H and O–H groups in total. The highest BCUT2D eigenvalue weighted by Gasteiger charge is 2.18. The summed E-state index contributed by atoms with van der Waals surface area (Å²) in [5, 5.41) is 3.29. The van der Waals surface area contributed by atoms with Gasteiger partial charge in [-0.05, 0) is 41.5 Å². The second kappa shape index (κ2) is 6.94. The van der Waals surface area contributed by atoms with Crippen molar-refractivity contribution in [2.75, 3.05) is 0 Å². The second-order valence-corrected chi connectivity index (χ2v) is 6.64. The van der Waals surface area contributed by atoms with Gasteiger partial charge < -0.3 is 5.32 Å². The first-order valence-corrected chi connectivity index (χ1v) is 8.84. The average molecular weight is 326 g/mol. The van der Waals surface area contributed by atoms with Crippen molar-refractivity contribution in [2.24, 2.45) is 0 Å². The highest BCUT2D eigenvalue weighted by atomic mass is 14.9. The van der Waals surface area contributed by atoms with Crippen molar-refractivity contribution in [2.45, 2.75) is 25.8 Å². The minimum absolute atomic E-state index is 0.353. The van der Waals surface area contributed by atoms with Crippen molar-refractivity contribution >= 4 is 6.08 Å². The van der Waals surface area contributed by atoms with Crippen LogP contribution in [0, 0.1) is 0 Å². The number of benzene rings is 2. The molecule has 3 aromatic rings. The third-order valence-corrected chi connectivity index (χ3v) is 4.75. The Labute approximate surface area is 149 Å². The summed E-state index contributed by atoms with van der Waals surface area (Å²) >= 11 is 0. The molecule has 0 amide bonds. The van der Waals surface area contributed by atoms with Crippen LogP contribution >= 0.6 is 0 Å². The molecule has 0 radical (unpaired) electrons. The number of hydrogen-bond donors (Lipinski definition) is 1. The molecule has 0 saturated carbocycles. The molecule has 1 atom stereocenters. The largest absolute Gasteiger partial charge is 0.387 e. The normalized spacial score (nSPS) is 13.8. The lowest BCUT2D eigenvalue weighted by molar-refractivity contribution is 0.726. The van der Waals surface area contributed by atoms with Crippen molar-refractivity contribution in [3.8, 4) is 11.1 Å². The van der Waals surface area contributed by atoms with Gasteiger partial charge in [-0.15, -0.1) is 0 Å². The van der Waals surface area contributed by atoms with E-state index in [0.717, 1.165) is 18.7 Å². The third kappa shape index (κ3) is 3.34. The van der Waals surface area contributed by atoms with Crippen LogP contribution in [0.4, 0.5) is 0 Å². The van der Waals surface area contributed by atoms with Crippen LogP contribution in [-0.4, -0.2) is 4.98 Å². The molecule has 0 spiro atoms. The molecule has 4 rings (SSSR count). The monoisotopic (exact) mass is 326 g/mol. The van der Waals surface area contributed by atoms with E-state index >= 15 is 0 Å². The van der Waals surface area contributed by atoms with Crippen molar-refractivity contribution < 1.29 is 0 Å². The minimum atomic E-state index is 0.353. The van der Waals surface area contributed by atoms with Gasteiger partial charge in [-0.1, -0.05) is 67.6 Å². The molecule has 1 aromatic heterocycles. The lowest BCUT2D eigenvalue weighted by atomic mass is 9.90. The number of hydrogen-bond acceptors (Lipinski definition) is 2. The van der Waals surface area contributed by atoms with Gasteiger partial charge in [0.15, 0.2) is 0 Å². The molecule has 0 fully saturated rings. The molecule has 2 heterocycles. The van der Waals surface area contributed by atoms with Crippen LogP contribution in [0.3, 0.4) is 0 Å². The van der Waals surface area contributed by atoms with Gasteiger partial charge in [0.25, 0.3) is 0 Å². The van der Waals surface area contributed by atoms with Gasteiger partial charge >= 0.3 is 0 Å². The lowest BCUT2D eigenvalue weighted by Gasteiger charge is -2.20. The molecule has 0 saturated heterocycles. The van der Waals surface area contributed by atoms with Crippen LogP contribution in [0.15, 0.2) is 72.9 Å². The van der Waals surface area contributed by atoms with E-state index in [1.165, 1.54) is 27.9 Å². The van der Waals surface area contributed by atoms with Gasteiger partial charge in [0, 0.05) is 18.0 Å². The Morgan fingerprint density at radius 2 is 1.72 bits per heavy atom. The second-order valence-electron chi connectivity index (χ2n) is 6.64. The van der Waals surface area contributed by atoms with E-state index in [2.05, 4.69) is 85.0 Å². The quantitative estimate of drug-likeness (QED) is 0.715. The zero-order valence-electron chi connectivity index (χ0n) is 14.4. The molecular weight excluding hydrogens is 304 g/mol. The first-order valence-electron chi connectivity index (χ1n) is 8.84. The van der Waals surface area contributed by atoms with E-state index in [1.54, 1.807) is 0 Å². The molecule has 1 unspecified atom stereocenters. The maximum absolute atomic E-state index is 5.06. The van der Waals surface area contributed by atoms with Gasteiger partial charge in [0.1, 0.15) is 0 Å². The van der Waals surface area contributed by atoms with E-state index in [4.69, 9.17) is 4.98 Å². The van der Waals surface area contributed by atoms with Crippen LogP contribution in [0.25, 0.3) is 17.2 Å². The van der Waals surface area contributed by atoms with Crippen LogP contribution in [-0.2, 0) is 13.0 Å². The summed E-state index contributed by atoms with van der Waals surface area (Å²) in [6.45, 7) is 3.12. The summed E-state index contributed by atoms with van der Waals surface area (Å²) in [6, 6.07) is 23.6. The molecule has 124 valence electrons. The number of rotatable bonds is 4. The van der Waals surface area contributed by atoms with Crippen LogP contribution < -0.4 is 5.32 Å². The zero-order chi connectivity index (χ0) is 17.1. The number of nitrogens with zero attached hydrogens (tertiary/aromatic N) is 1. The Bertz CT molecular complexity index is 883. The number of aromatic nitrogens is 1. The predicted octanol–water partition coefficient (Wildman–Crippen LogP) is 5.17. The zero-order valence-corrected chi connectivity index (χ0v) is 14.4. The molecule has 2 nitrogen and oxygen atoms in total.